The SMILES string of the molecule is CCO[C](C)C(C)(C)C. The van der Waals surface area contributed by atoms with Gasteiger partial charge in [0.2, 0.25) is 0 Å². The van der Waals surface area contributed by atoms with Crippen LogP contribution in [0.5, 0.6) is 0 Å². The molecule has 0 unspecified atom stereocenters. The Labute approximate surface area is 58.4 Å². The predicted octanol–water partition coefficient (Wildman–Crippen LogP) is 2.62. The van der Waals surface area contributed by atoms with E-state index in [0.717, 1.165) is 12.7 Å². The van der Waals surface area contributed by atoms with Gasteiger partial charge in [0.05, 0.1) is 6.10 Å². The summed E-state index contributed by atoms with van der Waals surface area (Å²) in [6, 6.07) is 0. The molecule has 0 amide bonds. The van der Waals surface area contributed by atoms with Crippen LogP contribution < -0.4 is 0 Å². The lowest BCUT2D eigenvalue weighted by atomic mass is 9.90. The summed E-state index contributed by atoms with van der Waals surface area (Å²) in [5, 5.41) is 0. The van der Waals surface area contributed by atoms with Crippen LogP contribution in [0.2, 0.25) is 0 Å². The molecule has 55 valence electrons. The van der Waals surface area contributed by atoms with Crippen molar-refractivity contribution in [3.63, 3.8) is 0 Å². The van der Waals surface area contributed by atoms with Crippen molar-refractivity contribution in [3.05, 3.63) is 6.10 Å². The summed E-state index contributed by atoms with van der Waals surface area (Å²) >= 11 is 0. The molecule has 0 aromatic heterocycles. The molecule has 0 heterocycles. The zero-order valence-electron chi connectivity index (χ0n) is 7.12. The first-order valence-electron chi connectivity index (χ1n) is 3.45. The zero-order valence-corrected chi connectivity index (χ0v) is 7.12. The van der Waals surface area contributed by atoms with E-state index in [2.05, 4.69) is 20.8 Å². The number of hydrogen-bond acceptors (Lipinski definition) is 1. The third kappa shape index (κ3) is 3.52. The summed E-state index contributed by atoms with van der Waals surface area (Å²) in [5.74, 6) is 0. The van der Waals surface area contributed by atoms with E-state index >= 15 is 0 Å². The summed E-state index contributed by atoms with van der Waals surface area (Å²) in [6.45, 7) is 11.3. The van der Waals surface area contributed by atoms with E-state index in [-0.39, 0.29) is 5.41 Å². The smallest absolute Gasteiger partial charge is 0.0992 e. The lowest BCUT2D eigenvalue weighted by molar-refractivity contribution is 0.0927. The molecule has 0 aromatic rings. The summed E-state index contributed by atoms with van der Waals surface area (Å²) in [4.78, 5) is 0. The molecular formula is C8H17O. The van der Waals surface area contributed by atoms with Gasteiger partial charge in [0.25, 0.3) is 0 Å². The molecule has 0 aliphatic rings. The fraction of sp³-hybridized carbons (Fsp3) is 0.875. The second-order valence-corrected chi connectivity index (χ2v) is 3.24. The molecule has 1 heteroatoms. The second-order valence-electron chi connectivity index (χ2n) is 3.24. The average Bonchev–Trinajstić information content (AvgIpc) is 1.64. The third-order valence-corrected chi connectivity index (χ3v) is 1.42. The number of rotatable bonds is 2. The van der Waals surface area contributed by atoms with Crippen molar-refractivity contribution in [2.24, 2.45) is 5.41 Å². The highest BCUT2D eigenvalue weighted by Gasteiger charge is 2.20. The predicted molar refractivity (Wildman–Crippen MR) is 40.0 cm³/mol. The van der Waals surface area contributed by atoms with Crippen molar-refractivity contribution in [1.82, 2.24) is 0 Å². The highest BCUT2D eigenvalue weighted by Crippen LogP contribution is 2.27. The van der Waals surface area contributed by atoms with Gasteiger partial charge in [-0.05, 0) is 19.3 Å². The van der Waals surface area contributed by atoms with Crippen LogP contribution in [0.25, 0.3) is 0 Å². The van der Waals surface area contributed by atoms with Gasteiger partial charge in [-0.15, -0.1) is 0 Å². The first-order valence-corrected chi connectivity index (χ1v) is 3.45. The molecule has 1 nitrogen and oxygen atoms in total. The maximum Gasteiger partial charge on any atom is 0.0992 e. The standard InChI is InChI=1S/C8H17O/c1-6-9-7(2)8(3,4)5/h6H2,1-5H3. The summed E-state index contributed by atoms with van der Waals surface area (Å²) in [6.07, 6.45) is 1.12. The fourth-order valence-electron chi connectivity index (χ4n) is 0.433. The van der Waals surface area contributed by atoms with Gasteiger partial charge < -0.3 is 4.74 Å². The van der Waals surface area contributed by atoms with Gasteiger partial charge >= 0.3 is 0 Å². The van der Waals surface area contributed by atoms with E-state index in [0.29, 0.717) is 0 Å². The van der Waals surface area contributed by atoms with Crippen LogP contribution in [-0.2, 0) is 4.74 Å². The van der Waals surface area contributed by atoms with Crippen molar-refractivity contribution in [2.75, 3.05) is 6.61 Å². The van der Waals surface area contributed by atoms with Crippen molar-refractivity contribution in [1.29, 1.82) is 0 Å². The van der Waals surface area contributed by atoms with Crippen LogP contribution in [0.3, 0.4) is 0 Å². The molecule has 0 fully saturated rings. The Balaban J connectivity index is 3.59. The number of hydrogen-bond donors (Lipinski definition) is 0. The fourth-order valence-corrected chi connectivity index (χ4v) is 0.433. The lowest BCUT2D eigenvalue weighted by Gasteiger charge is -2.25. The monoisotopic (exact) mass is 129 g/mol. The van der Waals surface area contributed by atoms with Crippen molar-refractivity contribution < 1.29 is 4.74 Å². The van der Waals surface area contributed by atoms with Gasteiger partial charge in [0.1, 0.15) is 0 Å². The first-order chi connectivity index (χ1) is 3.98. The molecule has 0 bridgehead atoms. The van der Waals surface area contributed by atoms with Crippen LogP contribution >= 0.6 is 0 Å². The van der Waals surface area contributed by atoms with Gasteiger partial charge in [-0.25, -0.2) is 0 Å². The second kappa shape index (κ2) is 3.21. The van der Waals surface area contributed by atoms with Crippen LogP contribution in [0.15, 0.2) is 0 Å². The van der Waals surface area contributed by atoms with Gasteiger partial charge in [-0.1, -0.05) is 20.8 Å². The molecular weight excluding hydrogens is 112 g/mol. The third-order valence-electron chi connectivity index (χ3n) is 1.42. The van der Waals surface area contributed by atoms with Crippen molar-refractivity contribution in [3.8, 4) is 0 Å². The Kier molecular flexibility index (Phi) is 3.20. The van der Waals surface area contributed by atoms with E-state index in [1.807, 2.05) is 13.8 Å². The van der Waals surface area contributed by atoms with Crippen LogP contribution in [-0.4, -0.2) is 6.61 Å². The largest absolute Gasteiger partial charge is 0.372 e. The topological polar surface area (TPSA) is 9.23 Å². The normalized spacial score (nSPS) is 12.7. The van der Waals surface area contributed by atoms with E-state index in [9.17, 15) is 0 Å². The van der Waals surface area contributed by atoms with Gasteiger partial charge in [0.15, 0.2) is 0 Å². The summed E-state index contributed by atoms with van der Waals surface area (Å²) in [5.41, 5.74) is 0.204. The molecule has 1 radical (unpaired) electrons. The van der Waals surface area contributed by atoms with Gasteiger partial charge in [0, 0.05) is 6.61 Å². The van der Waals surface area contributed by atoms with Gasteiger partial charge in [-0.2, -0.15) is 0 Å². The molecule has 9 heavy (non-hydrogen) atoms. The Hall–Kier alpha value is -0.0400. The summed E-state index contributed by atoms with van der Waals surface area (Å²) < 4.78 is 5.32. The Morgan fingerprint density at radius 1 is 1.33 bits per heavy atom. The maximum absolute atomic E-state index is 5.32. The van der Waals surface area contributed by atoms with E-state index in [4.69, 9.17) is 4.74 Å². The molecule has 0 saturated heterocycles. The first kappa shape index (κ1) is 8.96. The minimum Gasteiger partial charge on any atom is -0.372 e. The molecule has 0 N–H and O–H groups in total. The Morgan fingerprint density at radius 2 is 1.78 bits per heavy atom. The van der Waals surface area contributed by atoms with E-state index < -0.39 is 0 Å². The minimum atomic E-state index is 0.204. The van der Waals surface area contributed by atoms with Crippen molar-refractivity contribution in [2.45, 2.75) is 34.6 Å². The highest BCUT2D eigenvalue weighted by atomic mass is 16.5. The van der Waals surface area contributed by atoms with E-state index in [1.165, 1.54) is 0 Å². The minimum absolute atomic E-state index is 0.204. The van der Waals surface area contributed by atoms with Crippen LogP contribution in [0.4, 0.5) is 0 Å². The highest BCUT2D eigenvalue weighted by molar-refractivity contribution is 4.86. The van der Waals surface area contributed by atoms with Crippen molar-refractivity contribution >= 4 is 0 Å². The molecule has 0 atom stereocenters. The molecule has 0 aliphatic carbocycles. The quantitative estimate of drug-likeness (QED) is 0.557. The molecule has 0 spiro atoms. The van der Waals surface area contributed by atoms with Crippen LogP contribution in [0.1, 0.15) is 34.6 Å². The maximum atomic E-state index is 5.32. The molecule has 0 aromatic carbocycles. The van der Waals surface area contributed by atoms with E-state index in [1.54, 1.807) is 0 Å². The molecule has 0 saturated carbocycles. The average molecular weight is 129 g/mol. The number of ether oxygens (including phenoxy) is 1. The molecule has 0 rings (SSSR count). The Morgan fingerprint density at radius 3 is 1.89 bits per heavy atom. The lowest BCUT2D eigenvalue weighted by Crippen LogP contribution is -2.17. The Bertz CT molecular complexity index is 71.1. The van der Waals surface area contributed by atoms with Crippen LogP contribution in [0, 0.1) is 11.5 Å². The summed E-state index contributed by atoms with van der Waals surface area (Å²) in [7, 11) is 0. The molecule has 0 aliphatic heterocycles. The van der Waals surface area contributed by atoms with Gasteiger partial charge in [-0.3, -0.25) is 0 Å². The zero-order chi connectivity index (χ0) is 7.49.